The van der Waals surface area contributed by atoms with Crippen LogP contribution in [0.5, 0.6) is 11.5 Å². The first kappa shape index (κ1) is 11.7. The molecule has 1 heterocycles. The van der Waals surface area contributed by atoms with Gasteiger partial charge in [0.15, 0.2) is 22.5 Å². The fourth-order valence-electron chi connectivity index (χ4n) is 1.45. The zero-order valence-electron chi connectivity index (χ0n) is 9.32. The van der Waals surface area contributed by atoms with E-state index in [9.17, 15) is 0 Å². The number of nitrogens with one attached hydrogen (secondary N) is 1. The molecule has 0 atom stereocenters. The fourth-order valence-corrected chi connectivity index (χ4v) is 1.64. The summed E-state index contributed by atoms with van der Waals surface area (Å²) in [5, 5.41) is 0.201. The van der Waals surface area contributed by atoms with Gasteiger partial charge in [0.2, 0.25) is 0 Å². The van der Waals surface area contributed by atoms with Crippen LogP contribution in [0.3, 0.4) is 0 Å². The van der Waals surface area contributed by atoms with Crippen LogP contribution < -0.4 is 20.7 Å². The van der Waals surface area contributed by atoms with Crippen molar-refractivity contribution in [3.8, 4) is 11.5 Å². The molecule has 2 rings (SSSR count). The van der Waals surface area contributed by atoms with Crippen LogP contribution in [0.15, 0.2) is 12.1 Å². The predicted octanol–water partition coefficient (Wildman–Crippen LogP) is 1.59. The highest BCUT2D eigenvalue weighted by molar-refractivity contribution is 6.32. The van der Waals surface area contributed by atoms with E-state index in [-0.39, 0.29) is 5.15 Å². The molecule has 0 radical (unpaired) electrons. The van der Waals surface area contributed by atoms with Crippen LogP contribution in [0, 0.1) is 0 Å². The summed E-state index contributed by atoms with van der Waals surface area (Å²) in [6, 6.07) is 3.41. The van der Waals surface area contributed by atoms with Gasteiger partial charge in [0.1, 0.15) is 0 Å². The van der Waals surface area contributed by atoms with Gasteiger partial charge in [0.25, 0.3) is 0 Å². The molecule has 0 bridgehead atoms. The number of aromatic nitrogens is 2. The van der Waals surface area contributed by atoms with Crippen molar-refractivity contribution in [1.82, 2.24) is 9.97 Å². The van der Waals surface area contributed by atoms with Gasteiger partial charge in [0.05, 0.1) is 25.3 Å². The van der Waals surface area contributed by atoms with Gasteiger partial charge < -0.3 is 14.9 Å². The Hall–Kier alpha value is -1.79. The molecule has 1 aromatic heterocycles. The molecule has 0 fully saturated rings. The van der Waals surface area contributed by atoms with Gasteiger partial charge in [-0.2, -0.15) is 0 Å². The quantitative estimate of drug-likeness (QED) is 0.639. The Morgan fingerprint density at radius 1 is 1.12 bits per heavy atom. The third-order valence-corrected chi connectivity index (χ3v) is 2.53. The summed E-state index contributed by atoms with van der Waals surface area (Å²) in [6.07, 6.45) is 0. The lowest BCUT2D eigenvalue weighted by molar-refractivity contribution is 0.355. The van der Waals surface area contributed by atoms with Crippen molar-refractivity contribution in [2.24, 2.45) is 5.84 Å². The van der Waals surface area contributed by atoms with Crippen molar-refractivity contribution in [1.29, 1.82) is 0 Å². The Morgan fingerprint density at radius 2 is 1.65 bits per heavy atom. The molecular formula is C10H11ClN4O2. The Bertz CT molecular complexity index is 561. The average Bonchev–Trinajstić information content (AvgIpc) is 2.36. The average molecular weight is 255 g/mol. The van der Waals surface area contributed by atoms with Crippen LogP contribution in [-0.4, -0.2) is 24.2 Å². The maximum atomic E-state index is 5.88. The van der Waals surface area contributed by atoms with Gasteiger partial charge in [-0.15, -0.1) is 0 Å². The number of halogens is 1. The standard InChI is InChI=1S/C10H11ClN4O2/c1-16-7-3-5-6(4-8(7)17-2)14-10(15-12)9(11)13-5/h3-4H,12H2,1-2H3,(H,14,15). The summed E-state index contributed by atoms with van der Waals surface area (Å²) in [4.78, 5) is 8.37. The van der Waals surface area contributed by atoms with E-state index in [0.717, 1.165) is 0 Å². The van der Waals surface area contributed by atoms with Crippen LogP contribution >= 0.6 is 11.6 Å². The normalized spacial score (nSPS) is 10.4. The molecule has 6 nitrogen and oxygen atoms in total. The van der Waals surface area contributed by atoms with Crippen LogP contribution in [-0.2, 0) is 0 Å². The van der Waals surface area contributed by atoms with Crippen molar-refractivity contribution >= 4 is 28.5 Å². The zero-order valence-corrected chi connectivity index (χ0v) is 10.1. The number of fused-ring (bicyclic) bond motifs is 1. The van der Waals surface area contributed by atoms with Gasteiger partial charge in [-0.1, -0.05) is 11.6 Å². The van der Waals surface area contributed by atoms with Crippen molar-refractivity contribution < 1.29 is 9.47 Å². The molecule has 17 heavy (non-hydrogen) atoms. The van der Waals surface area contributed by atoms with Gasteiger partial charge in [-0.25, -0.2) is 15.8 Å². The monoisotopic (exact) mass is 254 g/mol. The highest BCUT2D eigenvalue weighted by atomic mass is 35.5. The molecule has 7 heteroatoms. The molecule has 0 aliphatic heterocycles. The molecule has 90 valence electrons. The maximum absolute atomic E-state index is 5.88. The molecule has 0 aliphatic carbocycles. The molecule has 1 aromatic carbocycles. The predicted molar refractivity (Wildman–Crippen MR) is 65.5 cm³/mol. The molecule has 0 amide bonds. The SMILES string of the molecule is COc1cc2nc(Cl)c(NN)nc2cc1OC. The third-order valence-electron chi connectivity index (χ3n) is 2.26. The summed E-state index contributed by atoms with van der Waals surface area (Å²) >= 11 is 5.88. The second-order valence-electron chi connectivity index (χ2n) is 3.20. The summed E-state index contributed by atoms with van der Waals surface area (Å²) in [6.45, 7) is 0. The van der Waals surface area contributed by atoms with E-state index in [1.807, 2.05) is 0 Å². The van der Waals surface area contributed by atoms with Crippen LogP contribution in [0.4, 0.5) is 5.82 Å². The Kier molecular flexibility index (Phi) is 3.16. The summed E-state index contributed by atoms with van der Waals surface area (Å²) in [5.74, 6) is 6.72. The summed E-state index contributed by atoms with van der Waals surface area (Å²) in [5.41, 5.74) is 3.59. The lowest BCUT2D eigenvalue weighted by atomic mass is 10.2. The number of hydrazine groups is 1. The van der Waals surface area contributed by atoms with Crippen molar-refractivity contribution in [3.05, 3.63) is 17.3 Å². The van der Waals surface area contributed by atoms with Crippen LogP contribution in [0.2, 0.25) is 5.15 Å². The lowest BCUT2D eigenvalue weighted by Crippen LogP contribution is -2.10. The highest BCUT2D eigenvalue weighted by Gasteiger charge is 2.10. The van der Waals surface area contributed by atoms with Crippen molar-refractivity contribution in [2.75, 3.05) is 19.6 Å². The fraction of sp³-hybridized carbons (Fsp3) is 0.200. The first-order valence-electron chi connectivity index (χ1n) is 4.75. The van der Waals surface area contributed by atoms with Gasteiger partial charge >= 0.3 is 0 Å². The molecule has 2 aromatic rings. The number of nitrogens with two attached hydrogens (primary N) is 1. The Morgan fingerprint density at radius 3 is 2.12 bits per heavy atom. The molecule has 0 saturated heterocycles. The minimum absolute atomic E-state index is 0.201. The molecule has 0 saturated carbocycles. The number of benzene rings is 1. The van der Waals surface area contributed by atoms with Crippen LogP contribution in [0.25, 0.3) is 11.0 Å². The topological polar surface area (TPSA) is 82.3 Å². The van der Waals surface area contributed by atoms with E-state index in [0.29, 0.717) is 28.4 Å². The van der Waals surface area contributed by atoms with Gasteiger partial charge in [-0.05, 0) is 0 Å². The number of hydrogen-bond donors (Lipinski definition) is 2. The van der Waals surface area contributed by atoms with Crippen molar-refractivity contribution in [3.63, 3.8) is 0 Å². The number of nitrogen functional groups attached to an aromatic ring is 1. The Balaban J connectivity index is 2.70. The molecule has 0 unspecified atom stereocenters. The van der Waals surface area contributed by atoms with Crippen LogP contribution in [0.1, 0.15) is 0 Å². The number of anilines is 1. The first-order valence-corrected chi connectivity index (χ1v) is 5.13. The van der Waals surface area contributed by atoms with E-state index in [2.05, 4.69) is 15.4 Å². The van der Waals surface area contributed by atoms with Crippen molar-refractivity contribution in [2.45, 2.75) is 0 Å². The van der Waals surface area contributed by atoms with E-state index in [1.54, 1.807) is 26.4 Å². The second-order valence-corrected chi connectivity index (χ2v) is 3.56. The number of rotatable bonds is 3. The van der Waals surface area contributed by atoms with E-state index < -0.39 is 0 Å². The van der Waals surface area contributed by atoms with E-state index >= 15 is 0 Å². The minimum atomic E-state index is 0.201. The molecule has 0 spiro atoms. The summed E-state index contributed by atoms with van der Waals surface area (Å²) in [7, 11) is 3.10. The summed E-state index contributed by atoms with van der Waals surface area (Å²) < 4.78 is 10.3. The van der Waals surface area contributed by atoms with E-state index in [4.69, 9.17) is 26.9 Å². The zero-order chi connectivity index (χ0) is 12.4. The number of methoxy groups -OCH3 is 2. The van der Waals surface area contributed by atoms with Gasteiger partial charge in [-0.3, -0.25) is 0 Å². The molecule has 3 N–H and O–H groups in total. The lowest BCUT2D eigenvalue weighted by Gasteiger charge is -2.09. The molecule has 0 aliphatic rings. The first-order chi connectivity index (χ1) is 8.19. The highest BCUT2D eigenvalue weighted by Crippen LogP contribution is 2.32. The third kappa shape index (κ3) is 2.04. The Labute approximate surface area is 103 Å². The van der Waals surface area contributed by atoms with Gasteiger partial charge in [0, 0.05) is 12.1 Å². The molecular weight excluding hydrogens is 244 g/mol. The minimum Gasteiger partial charge on any atom is -0.493 e. The second kappa shape index (κ2) is 4.60. The maximum Gasteiger partial charge on any atom is 0.178 e. The number of hydrogen-bond acceptors (Lipinski definition) is 6. The largest absolute Gasteiger partial charge is 0.493 e. The number of ether oxygens (including phenoxy) is 2. The smallest absolute Gasteiger partial charge is 0.178 e. The number of nitrogens with zero attached hydrogens (tertiary/aromatic N) is 2. The van der Waals surface area contributed by atoms with E-state index in [1.165, 1.54) is 0 Å².